The highest BCUT2D eigenvalue weighted by Crippen LogP contribution is 2.62. The van der Waals surface area contributed by atoms with Gasteiger partial charge in [0.1, 0.15) is 4.21 Å². The number of rotatable bonds is 6. The fourth-order valence-corrected chi connectivity index (χ4v) is 9.56. The second-order valence-corrected chi connectivity index (χ2v) is 13.2. The average molecular weight is 455 g/mol. The molecular formula is C21H30N2O5S2. The summed E-state index contributed by atoms with van der Waals surface area (Å²) in [6.07, 6.45) is 6.35. The molecule has 1 amide bonds. The van der Waals surface area contributed by atoms with Gasteiger partial charge in [-0.2, -0.15) is 4.31 Å². The van der Waals surface area contributed by atoms with E-state index < -0.39 is 15.6 Å². The first-order valence-corrected chi connectivity index (χ1v) is 13.2. The topological polar surface area (TPSA) is 95.9 Å². The summed E-state index contributed by atoms with van der Waals surface area (Å²) in [7, 11) is -3.49. The molecule has 1 aromatic rings. The van der Waals surface area contributed by atoms with Gasteiger partial charge in [0.15, 0.2) is 0 Å². The van der Waals surface area contributed by atoms with Crippen LogP contribution >= 0.6 is 11.3 Å². The average Bonchev–Trinajstić information content (AvgIpc) is 3.15. The largest absolute Gasteiger partial charge is 0.390 e. The zero-order valence-electron chi connectivity index (χ0n) is 17.1. The number of thiophene rings is 1. The first-order chi connectivity index (χ1) is 14.3. The Kier molecular flexibility index (Phi) is 5.25. The maximum absolute atomic E-state index is 12.8. The maximum atomic E-state index is 12.8. The van der Waals surface area contributed by atoms with E-state index in [0.29, 0.717) is 55.3 Å². The number of nitrogens with one attached hydrogen (secondary N) is 1. The minimum absolute atomic E-state index is 0.00605. The van der Waals surface area contributed by atoms with Crippen molar-refractivity contribution in [3.8, 4) is 0 Å². The molecular weight excluding hydrogens is 424 g/mol. The van der Waals surface area contributed by atoms with Gasteiger partial charge in [0.2, 0.25) is 5.91 Å². The van der Waals surface area contributed by atoms with Crippen LogP contribution in [-0.4, -0.2) is 55.6 Å². The van der Waals surface area contributed by atoms with E-state index >= 15 is 0 Å². The minimum atomic E-state index is -3.49. The lowest BCUT2D eigenvalue weighted by molar-refractivity contribution is -0.169. The molecule has 0 spiro atoms. The molecule has 2 N–H and O–H groups in total. The Morgan fingerprint density at radius 2 is 1.90 bits per heavy atom. The van der Waals surface area contributed by atoms with E-state index in [1.807, 2.05) is 0 Å². The molecule has 4 aliphatic carbocycles. The van der Waals surface area contributed by atoms with Crippen LogP contribution in [0.5, 0.6) is 0 Å². The van der Waals surface area contributed by atoms with E-state index in [9.17, 15) is 18.3 Å². The molecule has 0 radical (unpaired) electrons. The molecule has 7 nitrogen and oxygen atoms in total. The van der Waals surface area contributed by atoms with E-state index in [1.54, 1.807) is 12.1 Å². The number of hydrogen-bond acceptors (Lipinski definition) is 6. The highest BCUT2D eigenvalue weighted by molar-refractivity contribution is 7.91. The third-order valence-electron chi connectivity index (χ3n) is 7.35. The summed E-state index contributed by atoms with van der Waals surface area (Å²) in [6, 6.07) is 3.41. The van der Waals surface area contributed by atoms with Gasteiger partial charge in [0.25, 0.3) is 10.0 Å². The van der Waals surface area contributed by atoms with Crippen LogP contribution in [0.25, 0.3) is 0 Å². The molecule has 2 heterocycles. The van der Waals surface area contributed by atoms with E-state index in [1.165, 1.54) is 22.1 Å². The van der Waals surface area contributed by atoms with Crippen molar-refractivity contribution in [2.75, 3.05) is 26.3 Å². The predicted molar refractivity (Wildman–Crippen MR) is 112 cm³/mol. The quantitative estimate of drug-likeness (QED) is 0.686. The Labute approximate surface area is 181 Å². The maximum Gasteiger partial charge on any atom is 0.252 e. The number of ether oxygens (including phenoxy) is 1. The molecule has 30 heavy (non-hydrogen) atoms. The third kappa shape index (κ3) is 3.95. The number of sulfonamides is 1. The van der Waals surface area contributed by atoms with E-state index in [-0.39, 0.29) is 11.3 Å². The summed E-state index contributed by atoms with van der Waals surface area (Å²) < 4.78 is 32.5. The molecule has 6 rings (SSSR count). The van der Waals surface area contributed by atoms with Crippen molar-refractivity contribution in [2.24, 2.45) is 17.3 Å². The monoisotopic (exact) mass is 454 g/mol. The summed E-state index contributed by atoms with van der Waals surface area (Å²) in [5.74, 6) is 1.13. The van der Waals surface area contributed by atoms with Crippen molar-refractivity contribution >= 4 is 27.3 Å². The standard InChI is InChI=1S/C21H30N2O5S2/c24-18(12-20-8-15-7-16(9-20)11-21(25,10-15)14-20)22-13-17-1-2-19(29-17)30(26,27)23-3-5-28-6-4-23/h1-2,15-16,25H,3-14H2,(H,22,24). The van der Waals surface area contributed by atoms with Crippen LogP contribution in [0, 0.1) is 17.3 Å². The Balaban J connectivity index is 1.19. The zero-order chi connectivity index (χ0) is 21.0. The van der Waals surface area contributed by atoms with E-state index in [4.69, 9.17) is 4.74 Å². The van der Waals surface area contributed by atoms with Crippen LogP contribution < -0.4 is 5.32 Å². The van der Waals surface area contributed by atoms with Gasteiger partial charge in [-0.05, 0) is 67.9 Å². The number of hydrogen-bond donors (Lipinski definition) is 2. The number of carbonyl (C=O) groups is 1. The van der Waals surface area contributed by atoms with Gasteiger partial charge in [-0.25, -0.2) is 8.42 Å². The van der Waals surface area contributed by atoms with Crippen LogP contribution in [0.1, 0.15) is 49.8 Å². The first-order valence-electron chi connectivity index (χ1n) is 10.9. The van der Waals surface area contributed by atoms with Crippen LogP contribution in [0.3, 0.4) is 0 Å². The third-order valence-corrected chi connectivity index (χ3v) is 10.8. The van der Waals surface area contributed by atoms with Crippen LogP contribution in [0.15, 0.2) is 16.3 Å². The Morgan fingerprint density at radius 1 is 1.20 bits per heavy atom. The molecule has 1 saturated heterocycles. The van der Waals surface area contributed by atoms with Crippen molar-refractivity contribution in [3.05, 3.63) is 17.0 Å². The van der Waals surface area contributed by atoms with Crippen LogP contribution in [0.4, 0.5) is 0 Å². The van der Waals surface area contributed by atoms with Gasteiger partial charge < -0.3 is 15.2 Å². The predicted octanol–water partition coefficient (Wildman–Crippen LogP) is 2.11. The molecule has 1 aromatic heterocycles. The molecule has 2 unspecified atom stereocenters. The molecule has 166 valence electrons. The van der Waals surface area contributed by atoms with Crippen molar-refractivity contribution in [1.82, 2.24) is 9.62 Å². The van der Waals surface area contributed by atoms with Gasteiger partial charge in [-0.1, -0.05) is 0 Å². The number of amides is 1. The van der Waals surface area contributed by atoms with Gasteiger partial charge in [-0.3, -0.25) is 4.79 Å². The number of aliphatic hydroxyl groups is 1. The SMILES string of the molecule is O=C(CC12CC3CC(CC(O)(C3)C1)C2)NCc1ccc(S(=O)(=O)N2CCOCC2)s1. The Morgan fingerprint density at radius 3 is 2.57 bits per heavy atom. The van der Waals surface area contributed by atoms with Crippen LogP contribution in [-0.2, 0) is 26.1 Å². The lowest BCUT2D eigenvalue weighted by Gasteiger charge is -2.60. The lowest BCUT2D eigenvalue weighted by atomic mass is 9.47. The molecule has 2 atom stereocenters. The second kappa shape index (κ2) is 7.55. The molecule has 4 saturated carbocycles. The number of nitrogens with zero attached hydrogens (tertiary/aromatic N) is 1. The van der Waals surface area contributed by atoms with Crippen molar-refractivity contribution in [1.29, 1.82) is 0 Å². The Bertz CT molecular complexity index is 908. The normalized spacial score (nSPS) is 36.2. The molecule has 5 aliphatic rings. The second-order valence-electron chi connectivity index (χ2n) is 9.88. The van der Waals surface area contributed by atoms with Crippen molar-refractivity contribution < 1.29 is 23.1 Å². The van der Waals surface area contributed by atoms with Gasteiger partial charge in [0, 0.05) is 24.4 Å². The highest BCUT2D eigenvalue weighted by atomic mass is 32.2. The fraction of sp³-hybridized carbons (Fsp3) is 0.762. The first kappa shape index (κ1) is 20.9. The summed E-state index contributed by atoms with van der Waals surface area (Å²) in [6.45, 7) is 1.94. The fourth-order valence-electron chi connectivity index (χ4n) is 6.70. The number of carbonyl (C=O) groups excluding carboxylic acids is 1. The lowest BCUT2D eigenvalue weighted by Crippen LogP contribution is -2.56. The van der Waals surface area contributed by atoms with E-state index in [0.717, 1.165) is 37.0 Å². The zero-order valence-corrected chi connectivity index (χ0v) is 18.8. The smallest absolute Gasteiger partial charge is 0.252 e. The van der Waals surface area contributed by atoms with Gasteiger partial charge in [0.05, 0.1) is 25.4 Å². The Hall–Kier alpha value is -1.00. The van der Waals surface area contributed by atoms with Crippen LogP contribution in [0.2, 0.25) is 0 Å². The van der Waals surface area contributed by atoms with Crippen molar-refractivity contribution in [3.63, 3.8) is 0 Å². The molecule has 1 aliphatic heterocycles. The summed E-state index contributed by atoms with van der Waals surface area (Å²) in [4.78, 5) is 13.6. The van der Waals surface area contributed by atoms with Crippen molar-refractivity contribution in [2.45, 2.75) is 61.3 Å². The van der Waals surface area contributed by atoms with E-state index in [2.05, 4.69) is 5.32 Å². The summed E-state index contributed by atoms with van der Waals surface area (Å²) in [5, 5.41) is 13.9. The highest BCUT2D eigenvalue weighted by Gasteiger charge is 2.57. The number of morpholine rings is 1. The molecule has 5 fully saturated rings. The summed E-state index contributed by atoms with van der Waals surface area (Å²) >= 11 is 1.22. The molecule has 4 bridgehead atoms. The summed E-state index contributed by atoms with van der Waals surface area (Å²) in [5.41, 5.74) is -0.607. The van der Waals surface area contributed by atoms with Gasteiger partial charge >= 0.3 is 0 Å². The molecule has 0 aromatic carbocycles. The minimum Gasteiger partial charge on any atom is -0.390 e. The van der Waals surface area contributed by atoms with Gasteiger partial charge in [-0.15, -0.1) is 11.3 Å². The molecule has 9 heteroatoms.